The summed E-state index contributed by atoms with van der Waals surface area (Å²) in [4.78, 5) is 0. The van der Waals surface area contributed by atoms with E-state index < -0.39 is 8.56 Å². The van der Waals surface area contributed by atoms with Crippen molar-refractivity contribution in [1.82, 2.24) is 0 Å². The average Bonchev–Trinajstić information content (AvgIpc) is 2.47. The molecular formula is C16H32O4Si. The molecule has 0 rings (SSSR count). The van der Waals surface area contributed by atoms with Gasteiger partial charge < -0.3 is 18.3 Å². The van der Waals surface area contributed by atoms with Crippen LogP contribution in [0.2, 0.25) is 12.1 Å². The van der Waals surface area contributed by atoms with E-state index >= 15 is 0 Å². The summed E-state index contributed by atoms with van der Waals surface area (Å²) in [6.45, 7) is 10.8. The number of hydrogen-bond acceptors (Lipinski definition) is 4. The highest BCUT2D eigenvalue weighted by Crippen LogP contribution is 2.23. The molecule has 0 aromatic heterocycles. The standard InChI is InChI=1S/C16H32O4Si/c1-5-11-17-13-9-15-21(19-7-3,20-8-4)16-10-14-18-12-6-2/h5-6,11-12H,7-10,13-16H2,1-4H3. The van der Waals surface area contributed by atoms with Crippen molar-refractivity contribution >= 4 is 8.56 Å². The zero-order valence-corrected chi connectivity index (χ0v) is 15.1. The Morgan fingerprint density at radius 2 is 1.19 bits per heavy atom. The molecule has 5 heteroatoms. The Morgan fingerprint density at radius 3 is 1.52 bits per heavy atom. The summed E-state index contributed by atoms with van der Waals surface area (Å²) < 4.78 is 22.9. The Labute approximate surface area is 131 Å². The fourth-order valence-electron chi connectivity index (χ4n) is 2.16. The molecule has 124 valence electrons. The van der Waals surface area contributed by atoms with Crippen LogP contribution in [0.15, 0.2) is 24.7 Å². The summed E-state index contributed by atoms with van der Waals surface area (Å²) >= 11 is 0. The van der Waals surface area contributed by atoms with E-state index in [2.05, 4.69) is 0 Å². The topological polar surface area (TPSA) is 36.9 Å². The van der Waals surface area contributed by atoms with Crippen LogP contribution >= 0.6 is 0 Å². The molecule has 0 aromatic carbocycles. The lowest BCUT2D eigenvalue weighted by molar-refractivity contribution is 0.170. The Hall–Kier alpha value is -0.783. The molecule has 0 saturated carbocycles. The highest BCUT2D eigenvalue weighted by atomic mass is 28.4. The average molecular weight is 317 g/mol. The SMILES string of the molecule is CC=COCCC[Si](CCCOC=CC)(OCC)OCC. The second-order valence-electron chi connectivity index (χ2n) is 4.66. The van der Waals surface area contributed by atoms with Gasteiger partial charge in [-0.15, -0.1) is 0 Å². The second-order valence-corrected chi connectivity index (χ2v) is 8.06. The molecule has 0 aliphatic carbocycles. The Balaban J connectivity index is 4.28. The van der Waals surface area contributed by atoms with Gasteiger partial charge >= 0.3 is 8.56 Å². The van der Waals surface area contributed by atoms with Crippen LogP contribution in [0.1, 0.15) is 40.5 Å². The zero-order valence-electron chi connectivity index (χ0n) is 14.1. The van der Waals surface area contributed by atoms with Crippen LogP contribution in [0.5, 0.6) is 0 Å². The van der Waals surface area contributed by atoms with E-state index in [9.17, 15) is 0 Å². The largest absolute Gasteiger partial charge is 0.502 e. The maximum Gasteiger partial charge on any atom is 0.338 e. The lowest BCUT2D eigenvalue weighted by atomic mass is 10.5. The van der Waals surface area contributed by atoms with Gasteiger partial charge in [0.15, 0.2) is 0 Å². The molecule has 0 radical (unpaired) electrons. The van der Waals surface area contributed by atoms with Gasteiger partial charge in [0.2, 0.25) is 0 Å². The maximum absolute atomic E-state index is 6.05. The minimum atomic E-state index is -2.12. The number of rotatable bonds is 14. The predicted molar refractivity (Wildman–Crippen MR) is 89.4 cm³/mol. The first-order valence-corrected chi connectivity index (χ1v) is 10.2. The van der Waals surface area contributed by atoms with Crippen molar-refractivity contribution in [2.75, 3.05) is 26.4 Å². The number of allylic oxidation sites excluding steroid dienone is 2. The van der Waals surface area contributed by atoms with Gasteiger partial charge in [-0.25, -0.2) is 0 Å². The molecule has 0 aromatic rings. The van der Waals surface area contributed by atoms with Crippen molar-refractivity contribution in [3.05, 3.63) is 24.7 Å². The lowest BCUT2D eigenvalue weighted by Gasteiger charge is -2.30. The van der Waals surface area contributed by atoms with E-state index in [1.165, 1.54) is 0 Å². The van der Waals surface area contributed by atoms with Crippen molar-refractivity contribution in [1.29, 1.82) is 0 Å². The van der Waals surface area contributed by atoms with Gasteiger partial charge in [0, 0.05) is 13.2 Å². The molecule has 0 fully saturated rings. The number of ether oxygens (including phenoxy) is 2. The molecule has 0 bridgehead atoms. The van der Waals surface area contributed by atoms with Gasteiger partial charge in [0.1, 0.15) is 0 Å². The first-order chi connectivity index (χ1) is 10.2. The smallest absolute Gasteiger partial charge is 0.338 e. The maximum atomic E-state index is 6.05. The van der Waals surface area contributed by atoms with Gasteiger partial charge in [-0.05, 0) is 52.6 Å². The quantitative estimate of drug-likeness (QED) is 0.271. The van der Waals surface area contributed by atoms with Gasteiger partial charge in [-0.3, -0.25) is 0 Å². The van der Waals surface area contributed by atoms with E-state index in [1.807, 2.05) is 39.8 Å². The van der Waals surface area contributed by atoms with Crippen LogP contribution < -0.4 is 0 Å². The minimum Gasteiger partial charge on any atom is -0.502 e. The van der Waals surface area contributed by atoms with Crippen LogP contribution in [0.25, 0.3) is 0 Å². The third-order valence-electron chi connectivity index (χ3n) is 2.92. The highest BCUT2D eigenvalue weighted by Gasteiger charge is 2.36. The van der Waals surface area contributed by atoms with Gasteiger partial charge in [-0.2, -0.15) is 0 Å². The van der Waals surface area contributed by atoms with Crippen molar-refractivity contribution < 1.29 is 18.3 Å². The Morgan fingerprint density at radius 1 is 0.762 bits per heavy atom. The van der Waals surface area contributed by atoms with Crippen molar-refractivity contribution in [2.45, 2.75) is 52.6 Å². The molecule has 0 heterocycles. The first kappa shape index (κ1) is 20.2. The molecule has 0 atom stereocenters. The summed E-state index contributed by atoms with van der Waals surface area (Å²) in [6, 6.07) is 1.94. The van der Waals surface area contributed by atoms with Crippen LogP contribution in [0.4, 0.5) is 0 Å². The molecule has 4 nitrogen and oxygen atoms in total. The molecule has 0 unspecified atom stereocenters. The van der Waals surface area contributed by atoms with E-state index in [1.54, 1.807) is 12.5 Å². The Bertz CT molecular complexity index is 251. The van der Waals surface area contributed by atoms with Crippen LogP contribution in [-0.2, 0) is 18.3 Å². The van der Waals surface area contributed by atoms with E-state index in [-0.39, 0.29) is 0 Å². The molecular weight excluding hydrogens is 284 g/mol. The zero-order chi connectivity index (χ0) is 15.8. The van der Waals surface area contributed by atoms with Gasteiger partial charge in [0.05, 0.1) is 25.7 Å². The summed E-state index contributed by atoms with van der Waals surface area (Å²) in [6.07, 6.45) is 9.19. The third-order valence-corrected chi connectivity index (χ3v) is 6.78. The van der Waals surface area contributed by atoms with Crippen LogP contribution in [0, 0.1) is 0 Å². The van der Waals surface area contributed by atoms with Crippen LogP contribution in [0.3, 0.4) is 0 Å². The van der Waals surface area contributed by atoms with E-state index in [4.69, 9.17) is 18.3 Å². The lowest BCUT2D eigenvalue weighted by Crippen LogP contribution is -2.42. The summed E-state index contributed by atoms with van der Waals surface area (Å²) in [5.74, 6) is 0. The molecule has 0 amide bonds. The molecule has 0 N–H and O–H groups in total. The molecule has 21 heavy (non-hydrogen) atoms. The minimum absolute atomic E-state index is 0.706. The molecule has 0 aliphatic heterocycles. The fourth-order valence-corrected chi connectivity index (χ4v) is 5.49. The van der Waals surface area contributed by atoms with Crippen LogP contribution in [-0.4, -0.2) is 35.0 Å². The fraction of sp³-hybridized carbons (Fsp3) is 0.750. The highest BCUT2D eigenvalue weighted by molar-refractivity contribution is 6.67. The first-order valence-electron chi connectivity index (χ1n) is 7.98. The van der Waals surface area contributed by atoms with Gasteiger partial charge in [-0.1, -0.05) is 12.2 Å². The molecule has 0 saturated heterocycles. The van der Waals surface area contributed by atoms with E-state index in [0.717, 1.165) is 24.9 Å². The second kappa shape index (κ2) is 14.2. The third kappa shape index (κ3) is 10.6. The summed E-state index contributed by atoms with van der Waals surface area (Å²) in [5, 5.41) is 0. The predicted octanol–water partition coefficient (Wildman–Crippen LogP) is 4.38. The summed E-state index contributed by atoms with van der Waals surface area (Å²) in [7, 11) is -2.12. The monoisotopic (exact) mass is 316 g/mol. The number of hydrogen-bond donors (Lipinski definition) is 0. The Kier molecular flexibility index (Phi) is 13.6. The normalized spacial score (nSPS) is 12.4. The van der Waals surface area contributed by atoms with E-state index in [0.29, 0.717) is 26.4 Å². The van der Waals surface area contributed by atoms with Gasteiger partial charge in [0.25, 0.3) is 0 Å². The van der Waals surface area contributed by atoms with Crippen molar-refractivity contribution in [3.63, 3.8) is 0 Å². The molecule has 0 aliphatic rings. The summed E-state index contributed by atoms with van der Waals surface area (Å²) in [5.41, 5.74) is 0. The molecule has 0 spiro atoms. The van der Waals surface area contributed by atoms with Crippen molar-refractivity contribution in [2.24, 2.45) is 0 Å². The van der Waals surface area contributed by atoms with Crippen molar-refractivity contribution in [3.8, 4) is 0 Å².